The molecule has 0 saturated carbocycles. The lowest BCUT2D eigenvalue weighted by Gasteiger charge is -2.09. The molecule has 3 rings (SSSR count). The van der Waals surface area contributed by atoms with Gasteiger partial charge in [-0.1, -0.05) is 12.1 Å². The summed E-state index contributed by atoms with van der Waals surface area (Å²) in [6, 6.07) is 13.8. The number of benzene rings is 2. The van der Waals surface area contributed by atoms with Gasteiger partial charge in [-0.15, -0.1) is 0 Å². The van der Waals surface area contributed by atoms with Gasteiger partial charge in [0, 0.05) is 27.8 Å². The molecular weight excluding hydrogens is 260 g/mol. The van der Waals surface area contributed by atoms with E-state index in [0.717, 1.165) is 39.0 Å². The first kappa shape index (κ1) is 13.4. The maximum atomic E-state index is 12.4. The van der Waals surface area contributed by atoms with E-state index in [4.69, 9.17) is 0 Å². The molecule has 0 aliphatic heterocycles. The van der Waals surface area contributed by atoms with Crippen molar-refractivity contribution in [2.75, 3.05) is 5.32 Å². The quantitative estimate of drug-likeness (QED) is 0.719. The highest BCUT2D eigenvalue weighted by Gasteiger charge is 2.10. The Labute approximate surface area is 124 Å². The van der Waals surface area contributed by atoms with E-state index in [9.17, 15) is 4.79 Å². The first-order chi connectivity index (χ1) is 10.0. The molecule has 2 N–H and O–H groups in total. The number of amides is 1. The average Bonchev–Trinajstić information content (AvgIpc) is 2.81. The van der Waals surface area contributed by atoms with E-state index in [2.05, 4.69) is 16.4 Å². The number of H-pyrrole nitrogens is 1. The molecule has 0 radical (unpaired) electrons. The minimum Gasteiger partial charge on any atom is -0.359 e. The molecule has 0 unspecified atom stereocenters. The van der Waals surface area contributed by atoms with Crippen molar-refractivity contribution in [3.05, 3.63) is 64.8 Å². The first-order valence-electron chi connectivity index (χ1n) is 7.01. The van der Waals surface area contributed by atoms with Gasteiger partial charge >= 0.3 is 0 Å². The van der Waals surface area contributed by atoms with Crippen LogP contribution in [-0.4, -0.2) is 10.9 Å². The number of fused-ring (bicyclic) bond motifs is 1. The van der Waals surface area contributed by atoms with E-state index in [0.29, 0.717) is 0 Å². The Hall–Kier alpha value is -2.55. The summed E-state index contributed by atoms with van der Waals surface area (Å²) in [4.78, 5) is 15.7. The SMILES string of the molecule is Cc1cc2cc(NC(=O)c3cccc(C)c3C)ccc2[nH]1. The van der Waals surface area contributed by atoms with Gasteiger partial charge < -0.3 is 10.3 Å². The molecule has 2 aromatic carbocycles. The van der Waals surface area contributed by atoms with Gasteiger partial charge in [0.25, 0.3) is 5.91 Å². The number of aryl methyl sites for hydroxylation is 2. The fraction of sp³-hybridized carbons (Fsp3) is 0.167. The van der Waals surface area contributed by atoms with Crippen LogP contribution in [0.25, 0.3) is 10.9 Å². The third-order valence-electron chi connectivity index (χ3n) is 3.86. The van der Waals surface area contributed by atoms with Crippen LogP contribution >= 0.6 is 0 Å². The van der Waals surface area contributed by atoms with Gasteiger partial charge in [-0.3, -0.25) is 4.79 Å². The van der Waals surface area contributed by atoms with E-state index in [1.54, 1.807) is 0 Å². The molecule has 3 aromatic rings. The van der Waals surface area contributed by atoms with Crippen molar-refractivity contribution in [2.45, 2.75) is 20.8 Å². The molecule has 1 aromatic heterocycles. The van der Waals surface area contributed by atoms with Crippen LogP contribution in [0.4, 0.5) is 5.69 Å². The topological polar surface area (TPSA) is 44.9 Å². The second-order valence-corrected chi connectivity index (χ2v) is 5.46. The molecule has 0 bridgehead atoms. The summed E-state index contributed by atoms with van der Waals surface area (Å²) in [7, 11) is 0. The average molecular weight is 278 g/mol. The number of hydrogen-bond acceptors (Lipinski definition) is 1. The van der Waals surface area contributed by atoms with Gasteiger partial charge in [0.05, 0.1) is 0 Å². The van der Waals surface area contributed by atoms with Crippen molar-refractivity contribution in [3.8, 4) is 0 Å². The largest absolute Gasteiger partial charge is 0.359 e. The monoisotopic (exact) mass is 278 g/mol. The molecule has 3 heteroatoms. The Bertz CT molecular complexity index is 830. The van der Waals surface area contributed by atoms with Crippen molar-refractivity contribution < 1.29 is 4.79 Å². The van der Waals surface area contributed by atoms with Crippen molar-refractivity contribution in [2.24, 2.45) is 0 Å². The fourth-order valence-corrected chi connectivity index (χ4v) is 2.55. The van der Waals surface area contributed by atoms with Gasteiger partial charge in [0.2, 0.25) is 0 Å². The molecular formula is C18H18N2O. The summed E-state index contributed by atoms with van der Waals surface area (Å²) in [5.74, 6) is -0.0668. The zero-order chi connectivity index (χ0) is 15.0. The molecule has 1 heterocycles. The summed E-state index contributed by atoms with van der Waals surface area (Å²) in [6.07, 6.45) is 0. The highest BCUT2D eigenvalue weighted by atomic mass is 16.1. The standard InChI is InChI=1S/C18H18N2O/c1-11-5-4-6-16(13(11)3)18(21)20-15-7-8-17-14(10-15)9-12(2)19-17/h4-10,19H,1-3H3,(H,20,21). The lowest BCUT2D eigenvalue weighted by atomic mass is 10.0. The van der Waals surface area contributed by atoms with Gasteiger partial charge in [0.1, 0.15) is 0 Å². The molecule has 106 valence electrons. The van der Waals surface area contributed by atoms with E-state index >= 15 is 0 Å². The third-order valence-corrected chi connectivity index (χ3v) is 3.86. The lowest BCUT2D eigenvalue weighted by Crippen LogP contribution is -2.13. The lowest BCUT2D eigenvalue weighted by molar-refractivity contribution is 0.102. The van der Waals surface area contributed by atoms with E-state index in [1.165, 1.54) is 0 Å². The first-order valence-corrected chi connectivity index (χ1v) is 7.01. The molecule has 1 amide bonds. The Balaban J connectivity index is 1.90. The minimum atomic E-state index is -0.0668. The van der Waals surface area contributed by atoms with Crippen LogP contribution in [0.3, 0.4) is 0 Å². The smallest absolute Gasteiger partial charge is 0.255 e. The molecule has 0 fully saturated rings. The van der Waals surface area contributed by atoms with E-state index in [-0.39, 0.29) is 5.91 Å². The molecule has 0 aliphatic rings. The number of aromatic amines is 1. The van der Waals surface area contributed by atoms with Gasteiger partial charge in [-0.25, -0.2) is 0 Å². The van der Waals surface area contributed by atoms with Crippen LogP contribution in [0.15, 0.2) is 42.5 Å². The van der Waals surface area contributed by atoms with Crippen molar-refractivity contribution in [1.29, 1.82) is 0 Å². The predicted octanol–water partition coefficient (Wildman–Crippen LogP) is 4.35. The summed E-state index contributed by atoms with van der Waals surface area (Å²) in [6.45, 7) is 6.01. The Morgan fingerprint density at radius 1 is 1.05 bits per heavy atom. The maximum absolute atomic E-state index is 12.4. The summed E-state index contributed by atoms with van der Waals surface area (Å²) < 4.78 is 0. The third kappa shape index (κ3) is 2.55. The summed E-state index contributed by atoms with van der Waals surface area (Å²) in [5.41, 5.74) is 5.88. The zero-order valence-electron chi connectivity index (χ0n) is 12.4. The Morgan fingerprint density at radius 3 is 2.67 bits per heavy atom. The second-order valence-electron chi connectivity index (χ2n) is 5.46. The predicted molar refractivity (Wildman–Crippen MR) is 86.9 cm³/mol. The molecule has 0 aliphatic carbocycles. The van der Waals surface area contributed by atoms with Crippen molar-refractivity contribution in [1.82, 2.24) is 4.98 Å². The molecule has 0 spiro atoms. The van der Waals surface area contributed by atoms with Crippen LogP contribution in [0.2, 0.25) is 0 Å². The number of carbonyl (C=O) groups is 1. The van der Waals surface area contributed by atoms with Gasteiger partial charge in [0.15, 0.2) is 0 Å². The van der Waals surface area contributed by atoms with Gasteiger partial charge in [-0.2, -0.15) is 0 Å². The van der Waals surface area contributed by atoms with Crippen LogP contribution in [0.5, 0.6) is 0 Å². The minimum absolute atomic E-state index is 0.0668. The maximum Gasteiger partial charge on any atom is 0.255 e. The number of hydrogen-bond donors (Lipinski definition) is 2. The van der Waals surface area contributed by atoms with Crippen LogP contribution < -0.4 is 5.32 Å². The normalized spacial score (nSPS) is 10.8. The fourth-order valence-electron chi connectivity index (χ4n) is 2.55. The van der Waals surface area contributed by atoms with Crippen molar-refractivity contribution >= 4 is 22.5 Å². The molecule has 0 saturated heterocycles. The van der Waals surface area contributed by atoms with Crippen LogP contribution in [0.1, 0.15) is 27.2 Å². The van der Waals surface area contributed by atoms with E-state index < -0.39 is 0 Å². The second kappa shape index (κ2) is 5.09. The number of nitrogens with one attached hydrogen (secondary N) is 2. The van der Waals surface area contributed by atoms with E-state index in [1.807, 2.05) is 57.2 Å². The Kier molecular flexibility index (Phi) is 3.26. The number of carbonyl (C=O) groups excluding carboxylic acids is 1. The van der Waals surface area contributed by atoms with Gasteiger partial charge in [-0.05, 0) is 62.2 Å². The number of rotatable bonds is 2. The summed E-state index contributed by atoms with van der Waals surface area (Å²) in [5, 5.41) is 4.08. The molecule has 3 nitrogen and oxygen atoms in total. The zero-order valence-corrected chi connectivity index (χ0v) is 12.4. The Morgan fingerprint density at radius 2 is 1.86 bits per heavy atom. The van der Waals surface area contributed by atoms with Crippen molar-refractivity contribution in [3.63, 3.8) is 0 Å². The molecule has 21 heavy (non-hydrogen) atoms. The summed E-state index contributed by atoms with van der Waals surface area (Å²) >= 11 is 0. The molecule has 0 atom stereocenters. The highest BCUT2D eigenvalue weighted by molar-refractivity contribution is 6.06. The highest BCUT2D eigenvalue weighted by Crippen LogP contribution is 2.21. The number of anilines is 1. The van der Waals surface area contributed by atoms with Crippen LogP contribution in [-0.2, 0) is 0 Å². The number of aromatic nitrogens is 1. The van der Waals surface area contributed by atoms with Crippen LogP contribution in [0, 0.1) is 20.8 Å².